The van der Waals surface area contributed by atoms with Gasteiger partial charge in [-0.15, -0.1) is 0 Å². The van der Waals surface area contributed by atoms with Gasteiger partial charge in [-0.05, 0) is 75.6 Å². The molecular formula is C28H31Cl2F3N6O2. The third-order valence-electron chi connectivity index (χ3n) is 9.24. The van der Waals surface area contributed by atoms with Crippen molar-refractivity contribution in [3.8, 4) is 0 Å². The summed E-state index contributed by atoms with van der Waals surface area (Å²) >= 11 is 12.4. The largest absolute Gasteiger partial charge is 0.481 e. The Kier molecular flexibility index (Phi) is 7.14. The molecule has 0 unspecified atom stereocenters. The van der Waals surface area contributed by atoms with Gasteiger partial charge in [-0.1, -0.05) is 29.3 Å². The van der Waals surface area contributed by atoms with Crippen molar-refractivity contribution in [3.63, 3.8) is 0 Å². The molecule has 13 heteroatoms. The lowest BCUT2D eigenvalue weighted by molar-refractivity contribution is -0.158. The topological polar surface area (TPSA) is 87.4 Å². The first-order chi connectivity index (χ1) is 19.3. The number of carboxylic acid groups (broad SMARTS) is 1. The van der Waals surface area contributed by atoms with E-state index in [0.717, 1.165) is 39.0 Å². The maximum absolute atomic E-state index is 13.9. The molecule has 1 aromatic carbocycles. The van der Waals surface area contributed by atoms with Gasteiger partial charge in [0.1, 0.15) is 0 Å². The second-order valence-corrected chi connectivity index (χ2v) is 12.9. The van der Waals surface area contributed by atoms with Crippen molar-refractivity contribution < 1.29 is 23.1 Å². The molecule has 41 heavy (non-hydrogen) atoms. The van der Waals surface area contributed by atoms with Gasteiger partial charge in [0.25, 0.3) is 0 Å². The second kappa shape index (κ2) is 10.3. The summed E-state index contributed by atoms with van der Waals surface area (Å²) in [6, 6.07) is 4.55. The number of piperidine rings is 1. The van der Waals surface area contributed by atoms with Crippen LogP contribution in [-0.4, -0.2) is 67.9 Å². The highest BCUT2D eigenvalue weighted by Gasteiger charge is 2.50. The molecule has 8 nitrogen and oxygen atoms in total. The Hall–Kier alpha value is -2.63. The Bertz CT molecular complexity index is 1490. The van der Waals surface area contributed by atoms with E-state index in [1.54, 1.807) is 25.1 Å². The third kappa shape index (κ3) is 5.14. The van der Waals surface area contributed by atoms with Crippen LogP contribution in [0.5, 0.6) is 0 Å². The van der Waals surface area contributed by atoms with E-state index in [1.807, 2.05) is 11.8 Å². The molecule has 4 heterocycles. The first-order valence-corrected chi connectivity index (χ1v) is 14.6. The molecule has 1 N–H and O–H groups in total. The number of carbonyl (C=O) groups is 1. The van der Waals surface area contributed by atoms with Gasteiger partial charge in [-0.25, -0.2) is 9.67 Å². The molecule has 0 amide bonds. The summed E-state index contributed by atoms with van der Waals surface area (Å²) in [5.74, 6) is 0.561. The first-order valence-electron chi connectivity index (χ1n) is 13.8. The number of anilines is 1. The molecule has 1 aliphatic carbocycles. The van der Waals surface area contributed by atoms with Crippen molar-refractivity contribution in [2.24, 2.45) is 17.3 Å². The van der Waals surface area contributed by atoms with Crippen LogP contribution in [0, 0.1) is 17.3 Å². The predicted octanol–water partition coefficient (Wildman–Crippen LogP) is 6.16. The standard InChI is InChI=1S/C28H31Cl2F3N6O2/c1-15(20-6-5-18(29)8-22(20)30)39-24-21(23(36-39)28(31,32)33)11-34-26(35-24)38-13-17(14-38)16-4-3-7-37(12-16)19-9-27(2,10-19)25(40)41/h5-6,8,11,15-17,19H,3-4,7,9-10,12-14H2,1-2H3,(H,40,41)/t15-,16+,19?,27?/m1/s1. The van der Waals surface area contributed by atoms with Crippen LogP contribution in [0.4, 0.5) is 19.1 Å². The van der Waals surface area contributed by atoms with Crippen molar-refractivity contribution in [2.75, 3.05) is 31.1 Å². The van der Waals surface area contributed by atoms with Crippen LogP contribution in [0.25, 0.3) is 11.0 Å². The van der Waals surface area contributed by atoms with Crippen LogP contribution >= 0.6 is 23.2 Å². The van der Waals surface area contributed by atoms with E-state index in [4.69, 9.17) is 23.2 Å². The third-order valence-corrected chi connectivity index (χ3v) is 9.80. The van der Waals surface area contributed by atoms with Crippen molar-refractivity contribution in [1.29, 1.82) is 0 Å². The molecule has 6 rings (SSSR count). The Morgan fingerprint density at radius 2 is 1.90 bits per heavy atom. The molecule has 1 saturated carbocycles. The van der Waals surface area contributed by atoms with E-state index in [2.05, 4.69) is 20.0 Å². The Morgan fingerprint density at radius 1 is 1.17 bits per heavy atom. The molecule has 2 aliphatic heterocycles. The van der Waals surface area contributed by atoms with Crippen LogP contribution in [0.2, 0.25) is 10.0 Å². The number of rotatable bonds is 6. The smallest absolute Gasteiger partial charge is 0.435 e. The lowest BCUT2D eigenvalue weighted by Gasteiger charge is -2.52. The summed E-state index contributed by atoms with van der Waals surface area (Å²) in [7, 11) is 0. The number of hydrogen-bond acceptors (Lipinski definition) is 6. The number of hydrogen-bond donors (Lipinski definition) is 1. The quantitative estimate of drug-likeness (QED) is 0.357. The van der Waals surface area contributed by atoms with Gasteiger partial charge in [0.05, 0.1) is 16.8 Å². The normalized spacial score (nSPS) is 26.6. The number of carboxylic acids is 1. The molecule has 0 radical (unpaired) electrons. The zero-order chi connectivity index (χ0) is 29.3. The molecule has 0 spiro atoms. The van der Waals surface area contributed by atoms with Crippen LogP contribution in [0.3, 0.4) is 0 Å². The molecule has 3 fully saturated rings. The molecule has 3 aromatic rings. The zero-order valence-electron chi connectivity index (χ0n) is 22.7. The Balaban J connectivity index is 1.19. The first kappa shape index (κ1) is 28.5. The maximum atomic E-state index is 13.9. The highest BCUT2D eigenvalue weighted by molar-refractivity contribution is 6.35. The van der Waals surface area contributed by atoms with Gasteiger partial charge in [-0.3, -0.25) is 4.79 Å². The molecular weight excluding hydrogens is 580 g/mol. The van der Waals surface area contributed by atoms with Gasteiger partial charge in [-0.2, -0.15) is 23.3 Å². The highest BCUT2D eigenvalue weighted by Crippen LogP contribution is 2.45. The van der Waals surface area contributed by atoms with Gasteiger partial charge in [0.2, 0.25) is 5.95 Å². The summed E-state index contributed by atoms with van der Waals surface area (Å²) in [6.45, 7) is 6.93. The maximum Gasteiger partial charge on any atom is 0.435 e. The van der Waals surface area contributed by atoms with Gasteiger partial charge >= 0.3 is 12.1 Å². The number of alkyl halides is 3. The van der Waals surface area contributed by atoms with Crippen LogP contribution in [-0.2, 0) is 11.0 Å². The average Bonchev–Trinajstić information content (AvgIpc) is 3.25. The fourth-order valence-electron chi connectivity index (χ4n) is 6.66. The van der Waals surface area contributed by atoms with Gasteiger partial charge < -0.3 is 14.9 Å². The number of nitrogens with zero attached hydrogens (tertiary/aromatic N) is 6. The Labute approximate surface area is 245 Å². The minimum atomic E-state index is -4.67. The number of benzene rings is 1. The van der Waals surface area contributed by atoms with Gasteiger partial charge in [0, 0.05) is 41.9 Å². The van der Waals surface area contributed by atoms with E-state index in [-0.39, 0.29) is 11.0 Å². The summed E-state index contributed by atoms with van der Waals surface area (Å²) in [5.41, 5.74) is -0.972. The van der Waals surface area contributed by atoms with Crippen molar-refractivity contribution in [3.05, 3.63) is 45.7 Å². The SMILES string of the molecule is C[C@H](c1ccc(Cl)cc1Cl)n1nc(C(F)(F)F)c2cnc(N3CC([C@H]4CCCN(C5CC(C)(C(=O)O)C5)C4)C3)nc21. The van der Waals surface area contributed by atoms with Crippen molar-refractivity contribution in [1.82, 2.24) is 24.6 Å². The van der Waals surface area contributed by atoms with Crippen molar-refractivity contribution in [2.45, 2.75) is 57.8 Å². The second-order valence-electron chi connectivity index (χ2n) is 12.0. The van der Waals surface area contributed by atoms with Gasteiger partial charge in [0.15, 0.2) is 11.3 Å². The van der Waals surface area contributed by atoms with Crippen LogP contribution < -0.4 is 4.90 Å². The minimum Gasteiger partial charge on any atom is -0.481 e. The number of fused-ring (bicyclic) bond motifs is 1. The highest BCUT2D eigenvalue weighted by atomic mass is 35.5. The fraction of sp³-hybridized carbons (Fsp3) is 0.571. The summed E-state index contributed by atoms with van der Waals surface area (Å²) < 4.78 is 43.0. The lowest BCUT2D eigenvalue weighted by Crippen LogP contribution is -2.58. The predicted molar refractivity (Wildman–Crippen MR) is 149 cm³/mol. The number of halogens is 5. The van der Waals surface area contributed by atoms with Crippen LogP contribution in [0.1, 0.15) is 56.8 Å². The Morgan fingerprint density at radius 3 is 2.56 bits per heavy atom. The fourth-order valence-corrected chi connectivity index (χ4v) is 7.23. The van der Waals surface area contributed by atoms with E-state index < -0.39 is 29.3 Å². The molecule has 0 bridgehead atoms. The number of aliphatic carboxylic acids is 1. The molecule has 3 aliphatic rings. The van der Waals surface area contributed by atoms with E-state index >= 15 is 0 Å². The number of likely N-dealkylation sites (tertiary alicyclic amines) is 1. The molecule has 2 aromatic heterocycles. The van der Waals surface area contributed by atoms with Crippen LogP contribution in [0.15, 0.2) is 24.4 Å². The molecule has 2 atom stereocenters. The average molecular weight is 611 g/mol. The monoisotopic (exact) mass is 610 g/mol. The molecule has 2 saturated heterocycles. The van der Waals surface area contributed by atoms with E-state index in [9.17, 15) is 23.1 Å². The molecule has 220 valence electrons. The summed E-state index contributed by atoms with van der Waals surface area (Å²) in [5, 5.41) is 14.0. The summed E-state index contributed by atoms with van der Waals surface area (Å²) in [4.78, 5) is 24.9. The summed E-state index contributed by atoms with van der Waals surface area (Å²) in [6.07, 6.45) is 0.105. The van der Waals surface area contributed by atoms with Crippen molar-refractivity contribution >= 4 is 46.2 Å². The lowest BCUT2D eigenvalue weighted by atomic mass is 9.65. The van der Waals surface area contributed by atoms with E-state index in [1.165, 1.54) is 10.9 Å². The zero-order valence-corrected chi connectivity index (χ0v) is 24.2. The van der Waals surface area contributed by atoms with E-state index in [0.29, 0.717) is 52.3 Å². The minimum absolute atomic E-state index is 0.0968. The number of aromatic nitrogens is 4.